The SMILES string of the molecule is COc1cc(C(=O)O)cc(Cl)c1OCCOc1ccc(C(C)C)c(C)c1. The zero-order valence-corrected chi connectivity index (χ0v) is 16.1. The second-order valence-electron chi connectivity index (χ2n) is 6.16. The van der Waals surface area contributed by atoms with Gasteiger partial charge in [0.25, 0.3) is 0 Å². The van der Waals surface area contributed by atoms with Crippen LogP contribution in [0, 0.1) is 6.92 Å². The van der Waals surface area contributed by atoms with Crippen molar-refractivity contribution in [1.29, 1.82) is 0 Å². The molecule has 0 heterocycles. The normalized spacial score (nSPS) is 10.7. The number of carboxylic acids is 1. The highest BCUT2D eigenvalue weighted by Gasteiger charge is 2.15. The first-order chi connectivity index (χ1) is 12.3. The van der Waals surface area contributed by atoms with Crippen LogP contribution in [0.4, 0.5) is 0 Å². The summed E-state index contributed by atoms with van der Waals surface area (Å²) in [6.07, 6.45) is 0. The van der Waals surface area contributed by atoms with Gasteiger partial charge in [0, 0.05) is 0 Å². The van der Waals surface area contributed by atoms with Gasteiger partial charge in [-0.05, 0) is 48.2 Å². The summed E-state index contributed by atoms with van der Waals surface area (Å²) >= 11 is 6.11. The molecule has 140 valence electrons. The Morgan fingerprint density at radius 3 is 2.42 bits per heavy atom. The molecule has 0 saturated heterocycles. The quantitative estimate of drug-likeness (QED) is 0.659. The lowest BCUT2D eigenvalue weighted by Gasteiger charge is -2.15. The summed E-state index contributed by atoms with van der Waals surface area (Å²) in [5.41, 5.74) is 2.52. The van der Waals surface area contributed by atoms with Gasteiger partial charge in [0.15, 0.2) is 11.5 Å². The molecule has 0 aliphatic heterocycles. The van der Waals surface area contributed by atoms with Crippen LogP contribution in [0.15, 0.2) is 30.3 Å². The number of ether oxygens (including phenoxy) is 3. The summed E-state index contributed by atoms with van der Waals surface area (Å²) in [7, 11) is 1.43. The number of aromatic carboxylic acids is 1. The number of benzene rings is 2. The Kier molecular flexibility index (Phi) is 6.75. The second-order valence-corrected chi connectivity index (χ2v) is 6.57. The molecule has 0 aliphatic carbocycles. The molecule has 0 spiro atoms. The number of methoxy groups -OCH3 is 1. The minimum atomic E-state index is -1.08. The van der Waals surface area contributed by atoms with E-state index in [0.717, 1.165) is 5.75 Å². The van der Waals surface area contributed by atoms with Gasteiger partial charge >= 0.3 is 5.97 Å². The maximum absolute atomic E-state index is 11.1. The molecule has 0 amide bonds. The van der Waals surface area contributed by atoms with Crippen LogP contribution in [-0.2, 0) is 0 Å². The van der Waals surface area contributed by atoms with Gasteiger partial charge in [0.1, 0.15) is 19.0 Å². The first-order valence-electron chi connectivity index (χ1n) is 8.30. The van der Waals surface area contributed by atoms with Gasteiger partial charge in [-0.3, -0.25) is 0 Å². The van der Waals surface area contributed by atoms with Crippen molar-refractivity contribution in [2.45, 2.75) is 26.7 Å². The molecule has 2 aromatic carbocycles. The predicted octanol–water partition coefficient (Wildman–Crippen LogP) is 4.94. The summed E-state index contributed by atoms with van der Waals surface area (Å²) < 4.78 is 16.5. The molecule has 0 bridgehead atoms. The number of halogens is 1. The van der Waals surface area contributed by atoms with Gasteiger partial charge in [-0.25, -0.2) is 4.79 Å². The molecule has 2 rings (SSSR count). The first-order valence-corrected chi connectivity index (χ1v) is 8.68. The van der Waals surface area contributed by atoms with Crippen LogP contribution in [0.5, 0.6) is 17.2 Å². The lowest BCUT2D eigenvalue weighted by molar-refractivity contribution is 0.0696. The molecule has 26 heavy (non-hydrogen) atoms. The number of aryl methyl sites for hydroxylation is 1. The van der Waals surface area contributed by atoms with Crippen LogP contribution < -0.4 is 14.2 Å². The van der Waals surface area contributed by atoms with E-state index in [9.17, 15) is 4.79 Å². The molecule has 0 saturated carbocycles. The summed E-state index contributed by atoms with van der Waals surface area (Å²) in [6.45, 7) is 6.94. The Labute approximate surface area is 158 Å². The highest BCUT2D eigenvalue weighted by atomic mass is 35.5. The number of rotatable bonds is 8. The van der Waals surface area contributed by atoms with Crippen LogP contribution in [-0.4, -0.2) is 31.4 Å². The summed E-state index contributed by atoms with van der Waals surface area (Å²) in [4.78, 5) is 11.1. The Morgan fingerprint density at radius 2 is 1.85 bits per heavy atom. The molecular weight excluding hydrogens is 356 g/mol. The largest absolute Gasteiger partial charge is 0.493 e. The lowest BCUT2D eigenvalue weighted by atomic mass is 9.98. The van der Waals surface area contributed by atoms with E-state index in [-0.39, 0.29) is 22.9 Å². The van der Waals surface area contributed by atoms with E-state index in [4.69, 9.17) is 30.9 Å². The fraction of sp³-hybridized carbons (Fsp3) is 0.350. The third kappa shape index (κ3) is 4.82. The van der Waals surface area contributed by atoms with Gasteiger partial charge in [-0.1, -0.05) is 31.5 Å². The highest BCUT2D eigenvalue weighted by molar-refractivity contribution is 6.32. The van der Waals surface area contributed by atoms with E-state index in [0.29, 0.717) is 18.3 Å². The third-order valence-electron chi connectivity index (χ3n) is 3.94. The first kappa shape index (κ1) is 19.9. The Hall–Kier alpha value is -2.40. The van der Waals surface area contributed by atoms with Crippen molar-refractivity contribution in [3.8, 4) is 17.2 Å². The number of carboxylic acid groups (broad SMARTS) is 1. The molecule has 0 aliphatic rings. The Balaban J connectivity index is 1.98. The van der Waals surface area contributed by atoms with Crippen LogP contribution in [0.2, 0.25) is 5.02 Å². The fourth-order valence-corrected chi connectivity index (χ4v) is 2.94. The number of hydrogen-bond donors (Lipinski definition) is 1. The van der Waals surface area contributed by atoms with Crippen molar-refractivity contribution >= 4 is 17.6 Å². The summed E-state index contributed by atoms with van der Waals surface area (Å²) in [5, 5.41) is 9.24. The van der Waals surface area contributed by atoms with E-state index in [1.54, 1.807) is 0 Å². The molecule has 0 unspecified atom stereocenters. The van der Waals surface area contributed by atoms with E-state index < -0.39 is 5.97 Å². The topological polar surface area (TPSA) is 65.0 Å². The van der Waals surface area contributed by atoms with Gasteiger partial charge in [-0.15, -0.1) is 0 Å². The van der Waals surface area contributed by atoms with Crippen LogP contribution in [0.25, 0.3) is 0 Å². The van der Waals surface area contributed by atoms with Crippen LogP contribution in [0.3, 0.4) is 0 Å². The van der Waals surface area contributed by atoms with Gasteiger partial charge in [0.05, 0.1) is 17.7 Å². The summed E-state index contributed by atoms with van der Waals surface area (Å²) in [5.74, 6) is 0.729. The van der Waals surface area contributed by atoms with Gasteiger partial charge in [0.2, 0.25) is 0 Å². The Morgan fingerprint density at radius 1 is 1.15 bits per heavy atom. The molecule has 0 fully saturated rings. The molecule has 5 nitrogen and oxygen atoms in total. The molecule has 0 radical (unpaired) electrons. The van der Waals surface area contributed by atoms with Crippen molar-refractivity contribution in [3.05, 3.63) is 52.0 Å². The van der Waals surface area contributed by atoms with Crippen molar-refractivity contribution < 1.29 is 24.1 Å². The molecule has 2 aromatic rings. The average Bonchev–Trinajstić information content (AvgIpc) is 2.58. The van der Waals surface area contributed by atoms with E-state index in [2.05, 4.69) is 26.8 Å². The predicted molar refractivity (Wildman–Crippen MR) is 101 cm³/mol. The molecule has 6 heteroatoms. The smallest absolute Gasteiger partial charge is 0.335 e. The molecule has 0 aromatic heterocycles. The minimum absolute atomic E-state index is 0.0381. The third-order valence-corrected chi connectivity index (χ3v) is 4.22. The Bertz CT molecular complexity index is 786. The minimum Gasteiger partial charge on any atom is -0.493 e. The molecule has 0 atom stereocenters. The zero-order chi connectivity index (χ0) is 19.3. The van der Waals surface area contributed by atoms with Crippen molar-refractivity contribution in [2.75, 3.05) is 20.3 Å². The lowest BCUT2D eigenvalue weighted by Crippen LogP contribution is -2.10. The molecular formula is C20H23ClO5. The van der Waals surface area contributed by atoms with Crippen molar-refractivity contribution in [1.82, 2.24) is 0 Å². The highest BCUT2D eigenvalue weighted by Crippen LogP contribution is 2.36. The van der Waals surface area contributed by atoms with E-state index >= 15 is 0 Å². The van der Waals surface area contributed by atoms with Crippen molar-refractivity contribution in [2.24, 2.45) is 0 Å². The van der Waals surface area contributed by atoms with Crippen LogP contribution >= 0.6 is 11.6 Å². The number of hydrogen-bond acceptors (Lipinski definition) is 4. The second kappa shape index (κ2) is 8.81. The standard InChI is InChI=1S/C20H23ClO5/c1-12(2)16-6-5-15(9-13(16)3)25-7-8-26-19-17(21)10-14(20(22)23)11-18(19)24-4/h5-6,9-12H,7-8H2,1-4H3,(H,22,23). The van der Waals surface area contributed by atoms with E-state index in [1.807, 2.05) is 12.1 Å². The average molecular weight is 379 g/mol. The maximum atomic E-state index is 11.1. The van der Waals surface area contributed by atoms with Crippen molar-refractivity contribution in [3.63, 3.8) is 0 Å². The van der Waals surface area contributed by atoms with Crippen LogP contribution in [0.1, 0.15) is 41.3 Å². The summed E-state index contributed by atoms with van der Waals surface area (Å²) in [6, 6.07) is 8.72. The van der Waals surface area contributed by atoms with Gasteiger partial charge < -0.3 is 19.3 Å². The van der Waals surface area contributed by atoms with Gasteiger partial charge in [-0.2, -0.15) is 0 Å². The number of carbonyl (C=O) groups is 1. The molecule has 1 N–H and O–H groups in total. The monoisotopic (exact) mass is 378 g/mol. The fourth-order valence-electron chi connectivity index (χ4n) is 2.67. The van der Waals surface area contributed by atoms with E-state index in [1.165, 1.54) is 30.4 Å². The zero-order valence-electron chi connectivity index (χ0n) is 15.3. The maximum Gasteiger partial charge on any atom is 0.335 e.